The zero-order valence-corrected chi connectivity index (χ0v) is 17.1. The summed E-state index contributed by atoms with van der Waals surface area (Å²) in [6.07, 6.45) is 6.31. The summed E-state index contributed by atoms with van der Waals surface area (Å²) in [7, 11) is 1.77. The van der Waals surface area contributed by atoms with E-state index in [1.54, 1.807) is 31.3 Å². The number of nitrogens with one attached hydrogen (secondary N) is 3. The smallest absolute Gasteiger partial charge is 0.251 e. The van der Waals surface area contributed by atoms with Gasteiger partial charge >= 0.3 is 0 Å². The van der Waals surface area contributed by atoms with Crippen molar-refractivity contribution < 1.29 is 4.79 Å². The lowest BCUT2D eigenvalue weighted by Crippen LogP contribution is -2.46. The standard InChI is InChI=1S/C17H25ClN4O.HI/c1-19-17(22-15-5-3-2-4-6-15)21-12-11-20-16(23)13-7-9-14(18)10-8-13;/h7-10,15H,2-6,11-12H2,1H3,(H,20,23)(H2,19,21,22);1H. The molecule has 2 rings (SSSR count). The van der Waals surface area contributed by atoms with Gasteiger partial charge in [0.05, 0.1) is 0 Å². The van der Waals surface area contributed by atoms with Gasteiger partial charge in [0.15, 0.2) is 5.96 Å². The van der Waals surface area contributed by atoms with Gasteiger partial charge in [0.2, 0.25) is 0 Å². The zero-order chi connectivity index (χ0) is 16.5. The largest absolute Gasteiger partial charge is 0.355 e. The quantitative estimate of drug-likeness (QED) is 0.271. The fourth-order valence-corrected chi connectivity index (χ4v) is 2.82. The second-order valence-electron chi connectivity index (χ2n) is 5.74. The highest BCUT2D eigenvalue weighted by atomic mass is 127. The van der Waals surface area contributed by atoms with E-state index in [0.717, 1.165) is 5.96 Å². The van der Waals surface area contributed by atoms with Crippen LogP contribution in [0.15, 0.2) is 29.3 Å². The minimum atomic E-state index is -0.0984. The zero-order valence-electron chi connectivity index (χ0n) is 14.0. The first-order chi connectivity index (χ1) is 11.2. The Labute approximate surface area is 166 Å². The van der Waals surface area contributed by atoms with Crippen LogP contribution in [0.1, 0.15) is 42.5 Å². The minimum absolute atomic E-state index is 0. The monoisotopic (exact) mass is 464 g/mol. The van der Waals surface area contributed by atoms with Gasteiger partial charge < -0.3 is 16.0 Å². The molecule has 0 radical (unpaired) electrons. The summed E-state index contributed by atoms with van der Waals surface area (Å²) < 4.78 is 0. The summed E-state index contributed by atoms with van der Waals surface area (Å²) in [5.41, 5.74) is 0.610. The van der Waals surface area contributed by atoms with Crippen LogP contribution in [0, 0.1) is 0 Å². The molecule has 3 N–H and O–H groups in total. The fraction of sp³-hybridized carbons (Fsp3) is 0.529. The van der Waals surface area contributed by atoms with Crippen LogP contribution in [0.3, 0.4) is 0 Å². The number of guanidine groups is 1. The highest BCUT2D eigenvalue weighted by Crippen LogP contribution is 2.17. The van der Waals surface area contributed by atoms with Crippen molar-refractivity contribution in [2.24, 2.45) is 4.99 Å². The average Bonchev–Trinajstić information content (AvgIpc) is 2.59. The lowest BCUT2D eigenvalue weighted by atomic mass is 9.96. The number of carbonyl (C=O) groups excluding carboxylic acids is 1. The van der Waals surface area contributed by atoms with Crippen molar-refractivity contribution in [1.29, 1.82) is 0 Å². The Kier molecular flexibility index (Phi) is 10.1. The van der Waals surface area contributed by atoms with Crippen LogP contribution >= 0.6 is 35.6 Å². The molecule has 1 aromatic rings. The Bertz CT molecular complexity index is 530. The number of halogens is 2. The molecular weight excluding hydrogens is 439 g/mol. The maximum atomic E-state index is 12.0. The molecule has 1 amide bonds. The Morgan fingerprint density at radius 2 is 1.75 bits per heavy atom. The number of benzene rings is 1. The second kappa shape index (κ2) is 11.5. The van der Waals surface area contributed by atoms with Crippen molar-refractivity contribution in [3.05, 3.63) is 34.9 Å². The van der Waals surface area contributed by atoms with Crippen molar-refractivity contribution in [1.82, 2.24) is 16.0 Å². The molecule has 0 saturated heterocycles. The Morgan fingerprint density at radius 3 is 2.38 bits per heavy atom. The number of carbonyl (C=O) groups is 1. The topological polar surface area (TPSA) is 65.5 Å². The third-order valence-electron chi connectivity index (χ3n) is 3.98. The van der Waals surface area contributed by atoms with E-state index < -0.39 is 0 Å². The molecule has 1 aliphatic carbocycles. The van der Waals surface area contributed by atoms with E-state index in [0.29, 0.717) is 29.7 Å². The van der Waals surface area contributed by atoms with Crippen molar-refractivity contribution in [3.63, 3.8) is 0 Å². The SMILES string of the molecule is CN=C(NCCNC(=O)c1ccc(Cl)cc1)NC1CCCCC1.I. The highest BCUT2D eigenvalue weighted by Gasteiger charge is 2.14. The number of aliphatic imine (C=N–C) groups is 1. The van der Waals surface area contributed by atoms with E-state index in [2.05, 4.69) is 20.9 Å². The van der Waals surface area contributed by atoms with E-state index in [9.17, 15) is 4.79 Å². The van der Waals surface area contributed by atoms with Crippen LogP contribution < -0.4 is 16.0 Å². The Hall–Kier alpha value is -1.02. The first kappa shape index (κ1) is 21.0. The molecule has 1 aromatic carbocycles. The molecule has 0 unspecified atom stereocenters. The Morgan fingerprint density at radius 1 is 1.12 bits per heavy atom. The van der Waals surface area contributed by atoms with Gasteiger partial charge in [0.1, 0.15) is 0 Å². The highest BCUT2D eigenvalue weighted by molar-refractivity contribution is 14.0. The van der Waals surface area contributed by atoms with E-state index in [-0.39, 0.29) is 29.9 Å². The van der Waals surface area contributed by atoms with Crippen LogP contribution in [-0.2, 0) is 0 Å². The number of rotatable bonds is 5. The van der Waals surface area contributed by atoms with Crippen molar-refractivity contribution in [2.75, 3.05) is 20.1 Å². The van der Waals surface area contributed by atoms with Gasteiger partial charge in [-0.1, -0.05) is 30.9 Å². The number of hydrogen-bond acceptors (Lipinski definition) is 2. The molecule has 1 fully saturated rings. The predicted octanol–water partition coefficient (Wildman–Crippen LogP) is 3.19. The summed E-state index contributed by atoms with van der Waals surface area (Å²) in [4.78, 5) is 16.2. The molecular formula is C17H26ClIN4O. The maximum Gasteiger partial charge on any atom is 0.251 e. The lowest BCUT2D eigenvalue weighted by Gasteiger charge is -2.24. The first-order valence-corrected chi connectivity index (χ1v) is 8.58. The molecule has 5 nitrogen and oxygen atoms in total. The van der Waals surface area contributed by atoms with Crippen LogP contribution in [0.4, 0.5) is 0 Å². The summed E-state index contributed by atoms with van der Waals surface area (Å²) >= 11 is 5.81. The maximum absolute atomic E-state index is 12.0. The van der Waals surface area contributed by atoms with Crippen LogP contribution in [0.25, 0.3) is 0 Å². The third-order valence-corrected chi connectivity index (χ3v) is 4.23. The van der Waals surface area contributed by atoms with Crippen LogP contribution in [0.5, 0.6) is 0 Å². The normalized spacial score (nSPS) is 15.3. The molecule has 0 aliphatic heterocycles. The number of amides is 1. The van der Waals surface area contributed by atoms with Gasteiger partial charge in [0.25, 0.3) is 5.91 Å². The predicted molar refractivity (Wildman–Crippen MR) is 111 cm³/mol. The molecule has 0 spiro atoms. The van der Waals surface area contributed by atoms with Gasteiger partial charge in [-0.05, 0) is 37.1 Å². The molecule has 1 aliphatic rings. The Balaban J connectivity index is 0.00000288. The van der Waals surface area contributed by atoms with Gasteiger partial charge in [-0.15, -0.1) is 24.0 Å². The lowest BCUT2D eigenvalue weighted by molar-refractivity contribution is 0.0954. The van der Waals surface area contributed by atoms with Gasteiger partial charge in [-0.3, -0.25) is 9.79 Å². The third kappa shape index (κ3) is 7.25. The van der Waals surface area contributed by atoms with Crippen molar-refractivity contribution >= 4 is 47.4 Å². The van der Waals surface area contributed by atoms with Crippen LogP contribution in [-0.4, -0.2) is 38.0 Å². The van der Waals surface area contributed by atoms with Crippen LogP contribution in [0.2, 0.25) is 5.02 Å². The summed E-state index contributed by atoms with van der Waals surface area (Å²) in [6, 6.07) is 7.37. The molecule has 134 valence electrons. The molecule has 0 bridgehead atoms. The van der Waals surface area contributed by atoms with Gasteiger partial charge in [-0.2, -0.15) is 0 Å². The summed E-state index contributed by atoms with van der Waals surface area (Å²) in [5.74, 6) is 0.705. The first-order valence-electron chi connectivity index (χ1n) is 8.20. The van der Waals surface area contributed by atoms with E-state index in [4.69, 9.17) is 11.6 Å². The molecule has 7 heteroatoms. The molecule has 24 heavy (non-hydrogen) atoms. The average molecular weight is 465 g/mol. The summed E-state index contributed by atoms with van der Waals surface area (Å²) in [6.45, 7) is 1.17. The molecule has 1 saturated carbocycles. The molecule has 0 heterocycles. The van der Waals surface area contributed by atoms with Crippen molar-refractivity contribution in [3.8, 4) is 0 Å². The second-order valence-corrected chi connectivity index (χ2v) is 6.18. The van der Waals surface area contributed by atoms with Gasteiger partial charge in [-0.25, -0.2) is 0 Å². The van der Waals surface area contributed by atoms with E-state index in [1.165, 1.54) is 32.1 Å². The number of nitrogens with zero attached hydrogens (tertiary/aromatic N) is 1. The molecule has 0 atom stereocenters. The fourth-order valence-electron chi connectivity index (χ4n) is 2.70. The van der Waals surface area contributed by atoms with Gasteiger partial charge in [0, 0.05) is 36.8 Å². The molecule has 0 aromatic heterocycles. The summed E-state index contributed by atoms with van der Waals surface area (Å²) in [5, 5.41) is 10.2. The minimum Gasteiger partial charge on any atom is -0.355 e. The number of hydrogen-bond donors (Lipinski definition) is 3. The van der Waals surface area contributed by atoms with E-state index in [1.807, 2.05) is 0 Å². The van der Waals surface area contributed by atoms with Crippen molar-refractivity contribution in [2.45, 2.75) is 38.1 Å². The van der Waals surface area contributed by atoms with E-state index >= 15 is 0 Å².